The molecule has 1 aliphatic rings. The van der Waals surface area contributed by atoms with Gasteiger partial charge in [0.05, 0.1) is 11.9 Å². The number of amides is 1. The summed E-state index contributed by atoms with van der Waals surface area (Å²) in [7, 11) is 0. The summed E-state index contributed by atoms with van der Waals surface area (Å²) in [5.74, 6) is 0.409. The molecule has 1 saturated heterocycles. The molecule has 0 unspecified atom stereocenters. The third-order valence-electron chi connectivity index (χ3n) is 4.10. The molecule has 4 nitrogen and oxygen atoms in total. The van der Waals surface area contributed by atoms with E-state index in [-0.39, 0.29) is 5.91 Å². The van der Waals surface area contributed by atoms with Gasteiger partial charge >= 0.3 is 0 Å². The number of nitrogens with zero attached hydrogens (tertiary/aromatic N) is 3. The van der Waals surface area contributed by atoms with Gasteiger partial charge in [0.25, 0.3) is 5.91 Å². The number of rotatable bonds is 2. The van der Waals surface area contributed by atoms with Crippen molar-refractivity contribution in [1.29, 1.82) is 0 Å². The van der Waals surface area contributed by atoms with E-state index in [0.29, 0.717) is 11.6 Å². The highest BCUT2D eigenvalue weighted by Gasteiger charge is 2.29. The molecular formula is C17H19N3O. The Bertz CT molecular complexity index is 651. The minimum Gasteiger partial charge on any atom is -0.337 e. The van der Waals surface area contributed by atoms with Crippen molar-refractivity contribution in [2.75, 3.05) is 13.1 Å². The smallest absolute Gasteiger partial charge is 0.274 e. The Morgan fingerprint density at radius 2 is 2.00 bits per heavy atom. The average molecular weight is 281 g/mol. The Balaban J connectivity index is 1.74. The van der Waals surface area contributed by atoms with E-state index in [0.717, 1.165) is 25.2 Å². The molecule has 0 saturated carbocycles. The zero-order valence-electron chi connectivity index (χ0n) is 12.4. The second kappa shape index (κ2) is 5.64. The normalized spacial score (nSPS) is 18.0. The van der Waals surface area contributed by atoms with Gasteiger partial charge in [-0.05, 0) is 31.4 Å². The van der Waals surface area contributed by atoms with E-state index < -0.39 is 0 Å². The summed E-state index contributed by atoms with van der Waals surface area (Å²) in [5, 5.41) is 0. The van der Waals surface area contributed by atoms with Crippen LogP contribution in [-0.2, 0) is 0 Å². The molecule has 2 aromatic rings. The molecule has 0 aliphatic carbocycles. The molecule has 1 atom stereocenters. The molecule has 1 aliphatic heterocycles. The molecule has 1 fully saturated rings. The van der Waals surface area contributed by atoms with Crippen LogP contribution in [-0.4, -0.2) is 33.9 Å². The van der Waals surface area contributed by atoms with Crippen molar-refractivity contribution in [3.63, 3.8) is 0 Å². The van der Waals surface area contributed by atoms with Crippen LogP contribution in [0, 0.1) is 13.8 Å². The molecule has 1 aromatic heterocycles. The molecule has 0 N–H and O–H groups in total. The van der Waals surface area contributed by atoms with Gasteiger partial charge in [-0.2, -0.15) is 0 Å². The van der Waals surface area contributed by atoms with E-state index in [9.17, 15) is 4.79 Å². The van der Waals surface area contributed by atoms with Crippen molar-refractivity contribution in [2.45, 2.75) is 26.2 Å². The number of aromatic nitrogens is 2. The Morgan fingerprint density at radius 3 is 2.71 bits per heavy atom. The molecule has 108 valence electrons. The van der Waals surface area contributed by atoms with Crippen molar-refractivity contribution in [3.05, 3.63) is 59.2 Å². The molecular weight excluding hydrogens is 262 g/mol. The standard InChI is InChI=1S/C17H19N3O/c1-12-5-3-4-6-15(12)14-7-8-20(11-14)17(21)16-10-18-13(2)9-19-16/h3-6,9-10,14H,7-8,11H2,1-2H3/t14-/m0/s1. The predicted octanol–water partition coefficient (Wildman–Crippen LogP) is 2.72. The highest BCUT2D eigenvalue weighted by molar-refractivity contribution is 5.92. The lowest BCUT2D eigenvalue weighted by Gasteiger charge is -2.17. The summed E-state index contributed by atoms with van der Waals surface area (Å²) in [6.45, 7) is 5.54. The maximum absolute atomic E-state index is 12.4. The van der Waals surface area contributed by atoms with Gasteiger partial charge in [-0.15, -0.1) is 0 Å². The van der Waals surface area contributed by atoms with E-state index in [1.807, 2.05) is 11.8 Å². The van der Waals surface area contributed by atoms with Gasteiger partial charge in [-0.25, -0.2) is 4.98 Å². The molecule has 21 heavy (non-hydrogen) atoms. The Labute approximate surface area is 124 Å². The van der Waals surface area contributed by atoms with Crippen molar-refractivity contribution in [3.8, 4) is 0 Å². The first kappa shape index (κ1) is 13.7. The van der Waals surface area contributed by atoms with Crippen LogP contribution in [0.3, 0.4) is 0 Å². The zero-order chi connectivity index (χ0) is 14.8. The van der Waals surface area contributed by atoms with E-state index >= 15 is 0 Å². The molecule has 0 bridgehead atoms. The van der Waals surface area contributed by atoms with E-state index in [2.05, 4.69) is 41.2 Å². The van der Waals surface area contributed by atoms with Gasteiger partial charge < -0.3 is 4.90 Å². The van der Waals surface area contributed by atoms with Crippen molar-refractivity contribution >= 4 is 5.91 Å². The summed E-state index contributed by atoms with van der Waals surface area (Å²) in [6.07, 6.45) is 4.22. The molecule has 2 heterocycles. The lowest BCUT2D eigenvalue weighted by atomic mass is 9.94. The van der Waals surface area contributed by atoms with Crippen LogP contribution in [0.5, 0.6) is 0 Å². The number of carbonyl (C=O) groups excluding carboxylic acids is 1. The summed E-state index contributed by atoms with van der Waals surface area (Å²) in [5.41, 5.74) is 3.91. The highest BCUT2D eigenvalue weighted by atomic mass is 16.2. The van der Waals surface area contributed by atoms with Gasteiger partial charge in [0.15, 0.2) is 0 Å². The predicted molar refractivity (Wildman–Crippen MR) is 81.2 cm³/mol. The first-order valence-electron chi connectivity index (χ1n) is 7.28. The lowest BCUT2D eigenvalue weighted by molar-refractivity contribution is 0.0784. The summed E-state index contributed by atoms with van der Waals surface area (Å²) < 4.78 is 0. The second-order valence-electron chi connectivity index (χ2n) is 5.64. The number of hydrogen-bond donors (Lipinski definition) is 0. The SMILES string of the molecule is Cc1cnc(C(=O)N2CC[C@H](c3ccccc3C)C2)cn1. The van der Waals surface area contributed by atoms with Crippen molar-refractivity contribution in [1.82, 2.24) is 14.9 Å². The first-order chi connectivity index (χ1) is 10.1. The van der Waals surface area contributed by atoms with Gasteiger partial charge in [0, 0.05) is 25.2 Å². The molecule has 1 amide bonds. The van der Waals surface area contributed by atoms with Gasteiger partial charge in [-0.1, -0.05) is 24.3 Å². The number of aryl methyl sites for hydroxylation is 2. The first-order valence-corrected chi connectivity index (χ1v) is 7.28. The van der Waals surface area contributed by atoms with Gasteiger partial charge in [-0.3, -0.25) is 9.78 Å². The molecule has 3 rings (SSSR count). The van der Waals surface area contributed by atoms with Gasteiger partial charge in [0.1, 0.15) is 5.69 Å². The van der Waals surface area contributed by atoms with Crippen molar-refractivity contribution < 1.29 is 4.79 Å². The Kier molecular flexibility index (Phi) is 3.69. The van der Waals surface area contributed by atoms with Crippen LogP contribution in [0.4, 0.5) is 0 Å². The fourth-order valence-corrected chi connectivity index (χ4v) is 2.91. The third kappa shape index (κ3) is 2.79. The van der Waals surface area contributed by atoms with Crippen molar-refractivity contribution in [2.24, 2.45) is 0 Å². The van der Waals surface area contributed by atoms with Gasteiger partial charge in [0.2, 0.25) is 0 Å². The largest absolute Gasteiger partial charge is 0.337 e. The molecule has 0 radical (unpaired) electrons. The number of benzene rings is 1. The van der Waals surface area contributed by atoms with E-state index in [1.54, 1.807) is 12.4 Å². The number of hydrogen-bond acceptors (Lipinski definition) is 3. The summed E-state index contributed by atoms with van der Waals surface area (Å²) in [4.78, 5) is 22.7. The van der Waals surface area contributed by atoms with Crippen LogP contribution >= 0.6 is 0 Å². The monoisotopic (exact) mass is 281 g/mol. The summed E-state index contributed by atoms with van der Waals surface area (Å²) >= 11 is 0. The van der Waals surface area contributed by atoms with Crippen LogP contribution in [0.2, 0.25) is 0 Å². The highest BCUT2D eigenvalue weighted by Crippen LogP contribution is 2.29. The van der Waals surface area contributed by atoms with Crippen LogP contribution in [0.15, 0.2) is 36.7 Å². The average Bonchev–Trinajstić information content (AvgIpc) is 2.97. The summed E-state index contributed by atoms with van der Waals surface area (Å²) in [6, 6.07) is 8.42. The number of carbonyl (C=O) groups is 1. The molecule has 0 spiro atoms. The van der Waals surface area contributed by atoms with E-state index in [1.165, 1.54) is 11.1 Å². The minimum absolute atomic E-state index is 0.0152. The zero-order valence-corrected chi connectivity index (χ0v) is 12.4. The molecule has 1 aromatic carbocycles. The molecule has 4 heteroatoms. The fraction of sp³-hybridized carbons (Fsp3) is 0.353. The van der Waals surface area contributed by atoms with Crippen LogP contribution in [0.1, 0.15) is 39.6 Å². The Morgan fingerprint density at radius 1 is 1.19 bits per heavy atom. The topological polar surface area (TPSA) is 46.1 Å². The quantitative estimate of drug-likeness (QED) is 0.850. The minimum atomic E-state index is -0.0152. The maximum atomic E-state index is 12.4. The lowest BCUT2D eigenvalue weighted by Crippen LogP contribution is -2.29. The Hall–Kier alpha value is -2.23. The third-order valence-corrected chi connectivity index (χ3v) is 4.10. The van der Waals surface area contributed by atoms with Crippen LogP contribution < -0.4 is 0 Å². The fourth-order valence-electron chi connectivity index (χ4n) is 2.91. The maximum Gasteiger partial charge on any atom is 0.274 e. The van der Waals surface area contributed by atoms with Crippen LogP contribution in [0.25, 0.3) is 0 Å². The number of likely N-dealkylation sites (tertiary alicyclic amines) is 1. The van der Waals surface area contributed by atoms with E-state index in [4.69, 9.17) is 0 Å². The second-order valence-corrected chi connectivity index (χ2v) is 5.64.